The van der Waals surface area contributed by atoms with Gasteiger partial charge in [0.25, 0.3) is 0 Å². The van der Waals surface area contributed by atoms with Gasteiger partial charge in [-0.15, -0.1) is 0 Å². The maximum Gasteiger partial charge on any atom is 0.120 e. The van der Waals surface area contributed by atoms with Crippen LogP contribution in [0, 0.1) is 5.41 Å². The Labute approximate surface area is 122 Å². The van der Waals surface area contributed by atoms with E-state index >= 15 is 0 Å². The topological polar surface area (TPSA) is 21.3 Å². The summed E-state index contributed by atoms with van der Waals surface area (Å²) in [5, 5.41) is 3.56. The second-order valence-corrected chi connectivity index (χ2v) is 6.91. The largest absolute Gasteiger partial charge is 0.490 e. The Morgan fingerprint density at radius 2 is 1.95 bits per heavy atom. The van der Waals surface area contributed by atoms with E-state index in [1.165, 1.54) is 36.8 Å². The summed E-state index contributed by atoms with van der Waals surface area (Å²) in [4.78, 5) is 0. The van der Waals surface area contributed by atoms with E-state index in [0.717, 1.165) is 18.7 Å². The summed E-state index contributed by atoms with van der Waals surface area (Å²) in [6.45, 7) is 7.84. The zero-order chi connectivity index (χ0) is 14.2. The van der Waals surface area contributed by atoms with Crippen molar-refractivity contribution in [3.05, 3.63) is 29.3 Å². The Balaban J connectivity index is 1.67. The van der Waals surface area contributed by atoms with E-state index in [2.05, 4.69) is 44.3 Å². The molecule has 20 heavy (non-hydrogen) atoms. The first-order valence-corrected chi connectivity index (χ1v) is 8.13. The van der Waals surface area contributed by atoms with Gasteiger partial charge in [-0.3, -0.25) is 0 Å². The molecule has 1 aromatic carbocycles. The molecule has 0 spiro atoms. The summed E-state index contributed by atoms with van der Waals surface area (Å²) in [5.41, 5.74) is 3.27. The van der Waals surface area contributed by atoms with Crippen molar-refractivity contribution in [1.82, 2.24) is 5.32 Å². The summed E-state index contributed by atoms with van der Waals surface area (Å²) in [7, 11) is 0. The van der Waals surface area contributed by atoms with Crippen LogP contribution in [0.25, 0.3) is 0 Å². The Kier molecular flexibility index (Phi) is 3.76. The van der Waals surface area contributed by atoms with Crippen LogP contribution in [-0.2, 0) is 12.8 Å². The van der Waals surface area contributed by atoms with E-state index in [0.29, 0.717) is 12.1 Å². The number of rotatable bonds is 4. The summed E-state index contributed by atoms with van der Waals surface area (Å²) in [5.74, 6) is 1.07. The van der Waals surface area contributed by atoms with E-state index in [1.807, 2.05) is 0 Å². The molecule has 110 valence electrons. The molecule has 3 rings (SSSR count). The number of hydrogen-bond acceptors (Lipinski definition) is 2. The highest BCUT2D eigenvalue weighted by Crippen LogP contribution is 2.43. The van der Waals surface area contributed by atoms with Crippen LogP contribution in [0.4, 0.5) is 0 Å². The van der Waals surface area contributed by atoms with Gasteiger partial charge in [-0.1, -0.05) is 26.8 Å². The van der Waals surface area contributed by atoms with Crippen molar-refractivity contribution in [1.29, 1.82) is 0 Å². The maximum atomic E-state index is 6.27. The van der Waals surface area contributed by atoms with Gasteiger partial charge in [-0.2, -0.15) is 0 Å². The van der Waals surface area contributed by atoms with Gasteiger partial charge in [0.2, 0.25) is 0 Å². The van der Waals surface area contributed by atoms with Gasteiger partial charge in [-0.25, -0.2) is 0 Å². The van der Waals surface area contributed by atoms with Gasteiger partial charge in [0, 0.05) is 17.9 Å². The van der Waals surface area contributed by atoms with Crippen molar-refractivity contribution < 1.29 is 4.74 Å². The minimum atomic E-state index is 0.228. The standard InChI is InChI=1S/C18H27NO/c1-4-19-16-12-17(18(16,2)3)20-15-10-9-13-7-5-6-8-14(13)11-15/h9-11,16-17,19H,4-8,12H2,1-3H3. The fourth-order valence-corrected chi connectivity index (χ4v) is 3.63. The highest BCUT2D eigenvalue weighted by molar-refractivity contribution is 5.37. The van der Waals surface area contributed by atoms with Crippen LogP contribution >= 0.6 is 0 Å². The van der Waals surface area contributed by atoms with Crippen LogP contribution in [0.2, 0.25) is 0 Å². The number of benzene rings is 1. The van der Waals surface area contributed by atoms with E-state index in [9.17, 15) is 0 Å². The molecular formula is C18H27NO. The molecule has 1 N–H and O–H groups in total. The zero-order valence-corrected chi connectivity index (χ0v) is 13.0. The molecule has 2 unspecified atom stereocenters. The number of nitrogens with one attached hydrogen (secondary N) is 1. The van der Waals surface area contributed by atoms with E-state index < -0.39 is 0 Å². The molecule has 0 heterocycles. The van der Waals surface area contributed by atoms with Crippen molar-refractivity contribution in [3.8, 4) is 5.75 Å². The third kappa shape index (κ3) is 2.46. The van der Waals surface area contributed by atoms with Crippen LogP contribution in [0.1, 0.15) is 51.2 Å². The lowest BCUT2D eigenvalue weighted by molar-refractivity contribution is -0.0541. The molecule has 2 heteroatoms. The first kappa shape index (κ1) is 13.9. The summed E-state index contributed by atoms with van der Waals surface area (Å²) in [6.07, 6.45) is 6.60. The molecular weight excluding hydrogens is 246 g/mol. The molecule has 1 saturated carbocycles. The van der Waals surface area contributed by atoms with Crippen molar-refractivity contribution in [2.24, 2.45) is 5.41 Å². The Hall–Kier alpha value is -1.02. The third-order valence-corrected chi connectivity index (χ3v) is 5.23. The van der Waals surface area contributed by atoms with Gasteiger partial charge in [-0.05, 0) is 55.5 Å². The van der Waals surface area contributed by atoms with E-state index in [1.54, 1.807) is 0 Å². The number of ether oxygens (including phenoxy) is 1. The SMILES string of the molecule is CCNC1CC(Oc2ccc3c(c2)CCCC3)C1(C)C. The minimum Gasteiger partial charge on any atom is -0.490 e. The number of fused-ring (bicyclic) bond motifs is 1. The highest BCUT2D eigenvalue weighted by atomic mass is 16.5. The molecule has 0 aliphatic heterocycles. The second-order valence-electron chi connectivity index (χ2n) is 6.91. The third-order valence-electron chi connectivity index (χ3n) is 5.23. The predicted octanol–water partition coefficient (Wildman–Crippen LogP) is 3.72. The second kappa shape index (κ2) is 5.40. The fraction of sp³-hybridized carbons (Fsp3) is 0.667. The zero-order valence-electron chi connectivity index (χ0n) is 13.0. The Morgan fingerprint density at radius 1 is 1.20 bits per heavy atom. The molecule has 0 bridgehead atoms. The summed E-state index contributed by atoms with van der Waals surface area (Å²) >= 11 is 0. The Bertz CT molecular complexity index is 480. The molecule has 0 saturated heterocycles. The normalized spacial score (nSPS) is 27.6. The molecule has 2 aliphatic rings. The fourth-order valence-electron chi connectivity index (χ4n) is 3.63. The summed E-state index contributed by atoms with van der Waals surface area (Å²) in [6, 6.07) is 7.32. The lowest BCUT2D eigenvalue weighted by Crippen LogP contribution is -2.62. The van der Waals surface area contributed by atoms with Crippen molar-refractivity contribution in [2.45, 2.75) is 65.0 Å². The number of hydrogen-bond donors (Lipinski definition) is 1. The van der Waals surface area contributed by atoms with Gasteiger partial charge in [0.15, 0.2) is 0 Å². The summed E-state index contributed by atoms with van der Waals surface area (Å²) < 4.78 is 6.27. The predicted molar refractivity (Wildman–Crippen MR) is 83.4 cm³/mol. The smallest absolute Gasteiger partial charge is 0.120 e. The van der Waals surface area contributed by atoms with Gasteiger partial charge >= 0.3 is 0 Å². The van der Waals surface area contributed by atoms with E-state index in [4.69, 9.17) is 4.74 Å². The molecule has 0 radical (unpaired) electrons. The van der Waals surface area contributed by atoms with E-state index in [-0.39, 0.29) is 5.41 Å². The van der Waals surface area contributed by atoms with Crippen LogP contribution in [0.3, 0.4) is 0 Å². The molecule has 2 nitrogen and oxygen atoms in total. The van der Waals surface area contributed by atoms with Gasteiger partial charge in [0.05, 0.1) is 0 Å². The van der Waals surface area contributed by atoms with Crippen LogP contribution in [-0.4, -0.2) is 18.7 Å². The molecule has 1 fully saturated rings. The van der Waals surface area contributed by atoms with Crippen LogP contribution < -0.4 is 10.1 Å². The van der Waals surface area contributed by atoms with Crippen molar-refractivity contribution >= 4 is 0 Å². The van der Waals surface area contributed by atoms with Crippen LogP contribution in [0.15, 0.2) is 18.2 Å². The Morgan fingerprint density at radius 3 is 2.65 bits per heavy atom. The van der Waals surface area contributed by atoms with Gasteiger partial charge < -0.3 is 10.1 Å². The van der Waals surface area contributed by atoms with Crippen molar-refractivity contribution in [2.75, 3.05) is 6.54 Å². The first-order valence-electron chi connectivity index (χ1n) is 8.13. The quantitative estimate of drug-likeness (QED) is 0.902. The lowest BCUT2D eigenvalue weighted by Gasteiger charge is -2.51. The average Bonchev–Trinajstić information content (AvgIpc) is 2.46. The highest BCUT2D eigenvalue weighted by Gasteiger charge is 2.49. The minimum absolute atomic E-state index is 0.228. The molecule has 0 amide bonds. The van der Waals surface area contributed by atoms with Gasteiger partial charge in [0.1, 0.15) is 11.9 Å². The monoisotopic (exact) mass is 273 g/mol. The molecule has 2 aliphatic carbocycles. The first-order chi connectivity index (χ1) is 9.61. The molecule has 0 aromatic heterocycles. The van der Waals surface area contributed by atoms with Crippen LogP contribution in [0.5, 0.6) is 5.75 Å². The lowest BCUT2D eigenvalue weighted by atomic mass is 9.64. The molecule has 1 aromatic rings. The van der Waals surface area contributed by atoms with Crippen molar-refractivity contribution in [3.63, 3.8) is 0 Å². The molecule has 2 atom stereocenters. The maximum absolute atomic E-state index is 6.27. The number of aryl methyl sites for hydroxylation is 2. The average molecular weight is 273 g/mol.